The molecular weight excluding hydrogens is 405 g/mol. The minimum absolute atomic E-state index is 0.126. The van der Waals surface area contributed by atoms with E-state index in [0.717, 1.165) is 0 Å². The van der Waals surface area contributed by atoms with Crippen molar-refractivity contribution in [2.24, 2.45) is 12.5 Å². The molecule has 1 amide bonds. The summed E-state index contributed by atoms with van der Waals surface area (Å²) in [5, 5.41) is 2.57. The Labute approximate surface area is 172 Å². The highest BCUT2D eigenvalue weighted by molar-refractivity contribution is 6.53. The van der Waals surface area contributed by atoms with E-state index in [4.69, 9.17) is 27.9 Å². The second kappa shape index (κ2) is 6.97. The van der Waals surface area contributed by atoms with Crippen LogP contribution in [0.15, 0.2) is 35.1 Å². The van der Waals surface area contributed by atoms with Crippen LogP contribution in [-0.4, -0.2) is 31.7 Å². The number of hydrogen-bond donors (Lipinski definition) is 1. The van der Waals surface area contributed by atoms with Gasteiger partial charge in [0.1, 0.15) is 15.4 Å². The molecule has 9 heteroatoms. The van der Waals surface area contributed by atoms with Gasteiger partial charge in [0.05, 0.1) is 11.4 Å². The minimum Gasteiger partial charge on any atom is -0.452 e. The zero-order valence-corrected chi connectivity index (χ0v) is 17.5. The predicted molar refractivity (Wildman–Crippen MR) is 107 cm³/mol. The van der Waals surface area contributed by atoms with Crippen LogP contribution in [0.1, 0.15) is 26.0 Å². The van der Waals surface area contributed by atoms with Crippen molar-refractivity contribution in [3.8, 4) is 5.69 Å². The molecule has 3 rings (SSSR count). The van der Waals surface area contributed by atoms with Crippen LogP contribution >= 0.6 is 23.2 Å². The van der Waals surface area contributed by atoms with E-state index >= 15 is 0 Å². The lowest BCUT2D eigenvalue weighted by atomic mass is 10.1. The molecule has 1 aliphatic rings. The van der Waals surface area contributed by atoms with Gasteiger partial charge in [-0.15, -0.1) is 23.2 Å². The molecule has 0 bridgehead atoms. The smallest absolute Gasteiger partial charge is 0.315 e. The van der Waals surface area contributed by atoms with Crippen molar-refractivity contribution in [2.75, 3.05) is 5.32 Å². The summed E-state index contributed by atoms with van der Waals surface area (Å²) in [6.07, 6.45) is -0.853. The van der Waals surface area contributed by atoms with Crippen molar-refractivity contribution in [1.29, 1.82) is 0 Å². The van der Waals surface area contributed by atoms with Gasteiger partial charge in [0.25, 0.3) is 11.5 Å². The van der Waals surface area contributed by atoms with Gasteiger partial charge in [0.15, 0.2) is 6.10 Å². The number of anilines is 1. The van der Waals surface area contributed by atoms with Crippen molar-refractivity contribution in [2.45, 2.75) is 37.6 Å². The van der Waals surface area contributed by atoms with Crippen LogP contribution in [-0.2, 0) is 21.4 Å². The average Bonchev–Trinajstić information content (AvgIpc) is 3.10. The molecule has 0 radical (unpaired) electrons. The molecule has 1 N–H and O–H groups in total. The quantitative estimate of drug-likeness (QED) is 0.589. The third-order valence-electron chi connectivity index (χ3n) is 5.16. The van der Waals surface area contributed by atoms with Crippen LogP contribution < -0.4 is 10.9 Å². The first kappa shape index (κ1) is 20.5. The van der Waals surface area contributed by atoms with Crippen molar-refractivity contribution in [3.05, 3.63) is 46.4 Å². The highest BCUT2D eigenvalue weighted by Gasteiger charge is 2.69. The summed E-state index contributed by atoms with van der Waals surface area (Å²) >= 11 is 11.9. The van der Waals surface area contributed by atoms with Gasteiger partial charge in [-0.25, -0.2) is 4.68 Å². The third-order valence-corrected chi connectivity index (χ3v) is 6.27. The summed E-state index contributed by atoms with van der Waals surface area (Å²) in [5.41, 5.74) is -0.0581. The van der Waals surface area contributed by atoms with Crippen molar-refractivity contribution in [3.63, 3.8) is 0 Å². The van der Waals surface area contributed by atoms with Gasteiger partial charge in [-0.05, 0) is 32.9 Å². The van der Waals surface area contributed by atoms with Crippen LogP contribution in [0, 0.1) is 12.3 Å². The Kier molecular flexibility index (Phi) is 5.10. The molecule has 1 heterocycles. The molecule has 7 nitrogen and oxygen atoms in total. The van der Waals surface area contributed by atoms with E-state index in [9.17, 15) is 14.4 Å². The summed E-state index contributed by atoms with van der Waals surface area (Å²) in [7, 11) is 1.72. The molecule has 0 unspecified atom stereocenters. The first-order valence-corrected chi connectivity index (χ1v) is 9.49. The molecule has 0 saturated heterocycles. The molecule has 1 aromatic heterocycles. The number of nitrogens with zero attached hydrogens (tertiary/aromatic N) is 2. The Balaban J connectivity index is 1.78. The number of nitrogens with one attached hydrogen (secondary N) is 1. The van der Waals surface area contributed by atoms with Crippen LogP contribution in [0.25, 0.3) is 5.69 Å². The summed E-state index contributed by atoms with van der Waals surface area (Å²) in [6, 6.07) is 9.06. The number of para-hydroxylation sites is 1. The summed E-state index contributed by atoms with van der Waals surface area (Å²) in [6.45, 7) is 4.73. The number of hydrogen-bond acceptors (Lipinski definition) is 4. The fourth-order valence-corrected chi connectivity index (χ4v) is 3.59. The number of benzene rings is 1. The fraction of sp³-hybridized carbons (Fsp3) is 0.421. The number of carbonyl (C=O) groups excluding carboxylic acids is 2. The van der Waals surface area contributed by atoms with E-state index < -0.39 is 27.7 Å². The molecule has 0 aliphatic heterocycles. The van der Waals surface area contributed by atoms with Crippen molar-refractivity contribution >= 4 is 40.8 Å². The number of rotatable bonds is 5. The van der Waals surface area contributed by atoms with Crippen molar-refractivity contribution < 1.29 is 14.3 Å². The topological polar surface area (TPSA) is 82.3 Å². The highest BCUT2D eigenvalue weighted by Crippen LogP contribution is 2.64. The maximum absolute atomic E-state index is 12.8. The third kappa shape index (κ3) is 3.33. The number of alkyl halides is 2. The molecule has 150 valence electrons. The second-order valence-corrected chi connectivity index (χ2v) is 8.67. The van der Waals surface area contributed by atoms with Gasteiger partial charge in [-0.2, -0.15) is 0 Å². The SMILES string of the molecule is Cc1c(NC(=O)[C@@H](C)OC(=O)[C@@]2(C)CC2(Cl)Cl)c(=O)n(-c2ccccc2)n1C. The predicted octanol–water partition coefficient (Wildman–Crippen LogP) is 2.94. The first-order valence-electron chi connectivity index (χ1n) is 8.73. The molecule has 28 heavy (non-hydrogen) atoms. The van der Waals surface area contributed by atoms with E-state index in [1.807, 2.05) is 18.2 Å². The number of carbonyl (C=O) groups is 2. The maximum Gasteiger partial charge on any atom is 0.315 e. The second-order valence-electron chi connectivity index (χ2n) is 7.19. The van der Waals surface area contributed by atoms with Gasteiger partial charge < -0.3 is 10.1 Å². The van der Waals surface area contributed by atoms with Crippen LogP contribution in [0.5, 0.6) is 0 Å². The largest absolute Gasteiger partial charge is 0.452 e. The number of aromatic nitrogens is 2. The first-order chi connectivity index (χ1) is 13.0. The molecule has 1 aliphatic carbocycles. The monoisotopic (exact) mass is 425 g/mol. The Hall–Kier alpha value is -2.25. The van der Waals surface area contributed by atoms with Gasteiger partial charge in [0.2, 0.25) is 0 Å². The van der Waals surface area contributed by atoms with E-state index in [2.05, 4.69) is 5.32 Å². The van der Waals surface area contributed by atoms with E-state index in [-0.39, 0.29) is 17.7 Å². The van der Waals surface area contributed by atoms with Crippen LogP contribution in [0.4, 0.5) is 5.69 Å². The average molecular weight is 426 g/mol. The maximum atomic E-state index is 12.8. The van der Waals surface area contributed by atoms with Crippen molar-refractivity contribution in [1.82, 2.24) is 9.36 Å². The Morgan fingerprint density at radius 2 is 1.82 bits per heavy atom. The molecule has 2 aromatic rings. The molecule has 1 saturated carbocycles. The lowest BCUT2D eigenvalue weighted by molar-refractivity contribution is -0.158. The molecule has 2 atom stereocenters. The number of amides is 1. The van der Waals surface area contributed by atoms with Crippen LogP contribution in [0.3, 0.4) is 0 Å². The highest BCUT2D eigenvalue weighted by atomic mass is 35.5. The number of esters is 1. The Morgan fingerprint density at radius 1 is 1.25 bits per heavy atom. The summed E-state index contributed by atoms with van der Waals surface area (Å²) in [4.78, 5) is 37.6. The lowest BCUT2D eigenvalue weighted by Crippen LogP contribution is -2.34. The normalized spacial score (nSPS) is 21.1. The standard InChI is InChI=1S/C19H21Cl2N3O4/c1-11-14(16(26)24(23(11)4)13-8-6-5-7-9-13)22-15(25)12(2)28-17(27)18(3)10-19(18,20)21/h5-9,12H,10H2,1-4H3,(H,22,25)/t12-,18-/m1/s1. The number of ether oxygens (including phenoxy) is 1. The lowest BCUT2D eigenvalue weighted by Gasteiger charge is -2.16. The van der Waals surface area contributed by atoms with Gasteiger partial charge in [-0.1, -0.05) is 18.2 Å². The molecular formula is C19H21Cl2N3O4. The number of halogens is 2. The zero-order chi connectivity index (χ0) is 20.9. The molecule has 0 spiro atoms. The molecule has 1 fully saturated rings. The van der Waals surface area contributed by atoms with Gasteiger partial charge >= 0.3 is 5.97 Å². The van der Waals surface area contributed by atoms with E-state index in [0.29, 0.717) is 11.4 Å². The van der Waals surface area contributed by atoms with Gasteiger partial charge in [0, 0.05) is 13.5 Å². The Morgan fingerprint density at radius 3 is 2.36 bits per heavy atom. The zero-order valence-electron chi connectivity index (χ0n) is 16.0. The van der Waals surface area contributed by atoms with Crippen LogP contribution in [0.2, 0.25) is 0 Å². The fourth-order valence-electron chi connectivity index (χ4n) is 2.90. The summed E-state index contributed by atoms with van der Waals surface area (Å²) < 4.78 is 7.12. The van der Waals surface area contributed by atoms with E-state index in [1.54, 1.807) is 37.7 Å². The Bertz CT molecular complexity index is 997. The van der Waals surface area contributed by atoms with Gasteiger partial charge in [-0.3, -0.25) is 19.1 Å². The van der Waals surface area contributed by atoms with E-state index in [1.165, 1.54) is 11.6 Å². The minimum atomic E-state index is -1.18. The molecule has 1 aromatic carbocycles. The summed E-state index contributed by atoms with van der Waals surface area (Å²) in [5.74, 6) is -1.26.